The van der Waals surface area contributed by atoms with E-state index in [1.54, 1.807) is 6.07 Å². The van der Waals surface area contributed by atoms with Crippen LogP contribution in [0, 0.1) is 11.3 Å². The highest BCUT2D eigenvalue weighted by Crippen LogP contribution is 2.21. The summed E-state index contributed by atoms with van der Waals surface area (Å²) in [5.41, 5.74) is -0.627. The van der Waals surface area contributed by atoms with Gasteiger partial charge in [-0.25, -0.2) is 4.98 Å². The number of aromatic hydroxyl groups is 1. The zero-order chi connectivity index (χ0) is 13.6. The smallest absolute Gasteiger partial charge is 0.141 e. The normalized spacial score (nSPS) is 15.2. The van der Waals surface area contributed by atoms with E-state index in [1.807, 2.05) is 0 Å². The fourth-order valence-electron chi connectivity index (χ4n) is 0.903. The van der Waals surface area contributed by atoms with Crippen LogP contribution >= 0.6 is 0 Å². The van der Waals surface area contributed by atoms with E-state index in [2.05, 4.69) is 4.98 Å². The molecule has 2 rings (SSSR count). The van der Waals surface area contributed by atoms with Crippen molar-refractivity contribution in [2.24, 2.45) is 0 Å². The molecule has 0 atom stereocenters. The lowest BCUT2D eigenvalue weighted by atomic mass is 10.2. The number of rotatable bonds is 0. The number of pyridine rings is 1. The number of aromatic nitrogens is 1. The van der Waals surface area contributed by atoms with Crippen molar-refractivity contribution in [3.8, 4) is 11.8 Å². The molecule has 2 aromatic rings. The lowest BCUT2D eigenvalue weighted by molar-refractivity contribution is 0.480. The van der Waals surface area contributed by atoms with Crippen LogP contribution in [0.1, 0.15) is 12.5 Å². The number of nitriles is 1. The van der Waals surface area contributed by atoms with Gasteiger partial charge in [0.15, 0.2) is 0 Å². The number of para-hydroxylation sites is 1. The molecule has 0 radical (unpaired) electrons. The first kappa shape index (κ1) is 3.75. The minimum atomic E-state index is -0.656. The summed E-state index contributed by atoms with van der Waals surface area (Å²) < 4.78 is 37.7. The zero-order valence-corrected chi connectivity index (χ0v) is 6.34. The van der Waals surface area contributed by atoms with Gasteiger partial charge in [-0.05, 0) is 18.1 Å². The third-order valence-electron chi connectivity index (χ3n) is 1.46. The van der Waals surface area contributed by atoms with Crippen LogP contribution in [-0.2, 0) is 0 Å². The molecule has 0 saturated carbocycles. The summed E-state index contributed by atoms with van der Waals surface area (Å²) in [6.07, 6.45) is 0. The molecule has 1 N–H and O–H groups in total. The first-order valence-corrected chi connectivity index (χ1v) is 3.39. The second-order valence-corrected chi connectivity index (χ2v) is 2.27. The maximum Gasteiger partial charge on any atom is 0.141 e. The molecule has 1 aromatic heterocycles. The number of nitrogens with zero attached hydrogens (tertiary/aromatic N) is 2. The van der Waals surface area contributed by atoms with E-state index in [9.17, 15) is 5.11 Å². The Morgan fingerprint density at radius 2 is 2.23 bits per heavy atom. The maximum atomic E-state index is 9.69. The molecule has 0 aliphatic carbocycles. The van der Waals surface area contributed by atoms with Gasteiger partial charge in [-0.3, -0.25) is 0 Å². The lowest BCUT2D eigenvalue weighted by Crippen LogP contribution is -1.83. The van der Waals surface area contributed by atoms with Gasteiger partial charge in [-0.2, -0.15) is 5.26 Å². The van der Waals surface area contributed by atoms with Crippen molar-refractivity contribution in [2.45, 2.75) is 0 Å². The van der Waals surface area contributed by atoms with Crippen LogP contribution in [0.3, 0.4) is 0 Å². The van der Waals surface area contributed by atoms with Crippen molar-refractivity contribution >= 4 is 10.9 Å². The second-order valence-electron chi connectivity index (χ2n) is 2.27. The molecule has 0 fully saturated rings. The van der Waals surface area contributed by atoms with Crippen LogP contribution in [-0.4, -0.2) is 10.1 Å². The molecule has 13 heavy (non-hydrogen) atoms. The molecule has 0 saturated heterocycles. The summed E-state index contributed by atoms with van der Waals surface area (Å²) in [5, 5.41) is 18.3. The summed E-state index contributed by atoms with van der Waals surface area (Å²) in [4.78, 5) is 3.67. The Bertz CT molecular complexity index is 723. The molecular formula is C10H6N2O. The molecule has 0 amide bonds. The summed E-state index contributed by atoms with van der Waals surface area (Å²) >= 11 is 0. The van der Waals surface area contributed by atoms with Crippen molar-refractivity contribution in [3.63, 3.8) is 0 Å². The number of benzene rings is 1. The van der Waals surface area contributed by atoms with Crippen LogP contribution < -0.4 is 0 Å². The van der Waals surface area contributed by atoms with Crippen LogP contribution in [0.2, 0.25) is 0 Å². The minimum absolute atomic E-state index is 0.197. The third kappa shape index (κ3) is 1.18. The molecule has 0 unspecified atom stereocenters. The predicted octanol–water partition coefficient (Wildman–Crippen LogP) is 1.81. The lowest BCUT2D eigenvalue weighted by Gasteiger charge is -1.98. The number of hydrogen-bond acceptors (Lipinski definition) is 3. The summed E-state index contributed by atoms with van der Waals surface area (Å²) in [6.45, 7) is 0. The highest BCUT2D eigenvalue weighted by Gasteiger charge is 2.00. The Morgan fingerprint density at radius 3 is 3.00 bits per heavy atom. The van der Waals surface area contributed by atoms with E-state index in [-0.39, 0.29) is 16.6 Å². The number of phenolic OH excluding ortho intramolecular Hbond substituents is 1. The number of fused-ring (bicyclic) bond motifs is 1. The molecule has 3 nitrogen and oxygen atoms in total. The average Bonchev–Trinajstić information content (AvgIpc) is 2.36. The van der Waals surface area contributed by atoms with E-state index in [0.717, 1.165) is 0 Å². The predicted molar refractivity (Wildman–Crippen MR) is 48.1 cm³/mol. The van der Waals surface area contributed by atoms with Gasteiger partial charge in [0.2, 0.25) is 0 Å². The van der Waals surface area contributed by atoms with Gasteiger partial charge in [0.1, 0.15) is 23.0 Å². The van der Waals surface area contributed by atoms with Gasteiger partial charge in [-0.15, -0.1) is 0 Å². The Morgan fingerprint density at radius 1 is 1.38 bits per heavy atom. The van der Waals surface area contributed by atoms with Crippen LogP contribution in [0.25, 0.3) is 10.9 Å². The van der Waals surface area contributed by atoms with Gasteiger partial charge >= 0.3 is 0 Å². The Kier molecular flexibility index (Phi) is 0.796. The molecule has 0 aliphatic rings. The van der Waals surface area contributed by atoms with Crippen molar-refractivity contribution in [1.82, 2.24) is 4.98 Å². The van der Waals surface area contributed by atoms with Crippen molar-refractivity contribution in [1.29, 1.82) is 5.26 Å². The van der Waals surface area contributed by atoms with E-state index in [1.165, 1.54) is 0 Å². The summed E-state index contributed by atoms with van der Waals surface area (Å²) in [7, 11) is 0. The van der Waals surface area contributed by atoms with E-state index < -0.39 is 36.0 Å². The molecule has 0 spiro atoms. The van der Waals surface area contributed by atoms with Gasteiger partial charge in [0.05, 0.1) is 6.85 Å². The highest BCUT2D eigenvalue weighted by molar-refractivity contribution is 5.84. The molecule has 0 bridgehead atoms. The van der Waals surface area contributed by atoms with Gasteiger partial charge in [0, 0.05) is 5.39 Å². The molecule has 0 aliphatic heterocycles. The van der Waals surface area contributed by atoms with Crippen LogP contribution in [0.15, 0.2) is 30.2 Å². The Labute approximate surface area is 81.9 Å². The van der Waals surface area contributed by atoms with Gasteiger partial charge in [-0.1, -0.05) is 12.1 Å². The largest absolute Gasteiger partial charge is 0.506 e. The fraction of sp³-hybridized carbons (Fsp3) is 0. The monoisotopic (exact) mass is 175 g/mol. The minimum Gasteiger partial charge on any atom is -0.506 e. The number of hydrogen-bond donors (Lipinski definition) is 1. The van der Waals surface area contributed by atoms with E-state index in [4.69, 9.17) is 12.1 Å². The first-order valence-electron chi connectivity index (χ1n) is 5.89. The molecule has 1 heterocycles. The quantitative estimate of drug-likeness (QED) is 0.664. The van der Waals surface area contributed by atoms with E-state index >= 15 is 0 Å². The molecular weight excluding hydrogens is 164 g/mol. The molecule has 62 valence electrons. The maximum absolute atomic E-state index is 9.69. The van der Waals surface area contributed by atoms with E-state index in [0.29, 0.717) is 0 Å². The first-order chi connectivity index (χ1) is 8.40. The highest BCUT2D eigenvalue weighted by atomic mass is 16.3. The van der Waals surface area contributed by atoms with Gasteiger partial charge < -0.3 is 5.11 Å². The van der Waals surface area contributed by atoms with Crippen molar-refractivity contribution in [2.75, 3.05) is 0 Å². The average molecular weight is 175 g/mol. The topological polar surface area (TPSA) is 56.9 Å². The zero-order valence-electron chi connectivity index (χ0n) is 11.3. The van der Waals surface area contributed by atoms with Crippen molar-refractivity contribution in [3.05, 3.63) is 35.9 Å². The van der Waals surface area contributed by atoms with Crippen LogP contribution in [0.4, 0.5) is 0 Å². The fourth-order valence-corrected chi connectivity index (χ4v) is 0.903. The SMILES string of the molecule is [2H]c1c([2H])c([2H])c2c([2H])c([2H])c(C#N)nc2c1O. The Balaban J connectivity index is 3.13. The summed E-state index contributed by atoms with van der Waals surface area (Å²) in [5.74, 6) is -0.656. The van der Waals surface area contributed by atoms with Crippen molar-refractivity contribution < 1.29 is 12.0 Å². The summed E-state index contributed by atoms with van der Waals surface area (Å²) in [6, 6.07) is -0.886. The third-order valence-corrected chi connectivity index (χ3v) is 1.46. The standard InChI is InChI=1S/C10H6N2O/c11-6-8-5-4-7-2-1-3-9(13)10(7)12-8/h1-5,13H/i1D,2D,3D,4D,5D. The molecule has 3 heteroatoms. The van der Waals surface area contributed by atoms with Gasteiger partial charge in [0.25, 0.3) is 0 Å². The number of phenols is 1. The Hall–Kier alpha value is -2.08. The van der Waals surface area contributed by atoms with Crippen LogP contribution in [0.5, 0.6) is 5.75 Å². The second kappa shape index (κ2) is 2.76. The molecule has 1 aromatic carbocycles.